The second-order valence-corrected chi connectivity index (χ2v) is 8.86. The van der Waals surface area contributed by atoms with E-state index in [1.807, 2.05) is 38.1 Å². The van der Waals surface area contributed by atoms with Gasteiger partial charge in [-0.3, -0.25) is 4.79 Å². The summed E-state index contributed by atoms with van der Waals surface area (Å²) in [6.07, 6.45) is 0.407. The van der Waals surface area contributed by atoms with Crippen molar-refractivity contribution in [3.63, 3.8) is 0 Å². The molecule has 0 radical (unpaired) electrons. The van der Waals surface area contributed by atoms with Crippen LogP contribution in [0.4, 0.5) is 0 Å². The van der Waals surface area contributed by atoms with Crippen LogP contribution < -0.4 is 5.73 Å². The number of amides is 1. The fraction of sp³-hybridized carbons (Fsp3) is 0.429. The normalized spacial score (nSPS) is 17.1. The van der Waals surface area contributed by atoms with Gasteiger partial charge >= 0.3 is 5.97 Å². The van der Waals surface area contributed by atoms with E-state index >= 15 is 0 Å². The Morgan fingerprint density at radius 2 is 2.13 bits per heavy atom. The quantitative estimate of drug-likeness (QED) is 0.437. The lowest BCUT2D eigenvalue weighted by atomic mass is 9.96. The molecule has 4 rings (SSSR count). The van der Waals surface area contributed by atoms with Crippen LogP contribution in [0.25, 0.3) is 10.9 Å². The molecule has 0 unspecified atom stereocenters. The number of benzene rings is 1. The van der Waals surface area contributed by atoms with E-state index in [0.717, 1.165) is 33.9 Å². The molecule has 2 atom stereocenters. The van der Waals surface area contributed by atoms with Crippen molar-refractivity contribution in [1.82, 2.24) is 20.1 Å². The third-order valence-electron chi connectivity index (χ3n) is 5.66. The van der Waals surface area contributed by atoms with Crippen molar-refractivity contribution < 1.29 is 24.5 Å². The smallest absolute Gasteiger partial charge is 0.328 e. The standard InChI is InChI=1S/C21H25N5O4S/c1-11(2)18(22)19-24-25-21(30-19)31-10-17(27)26-9-15-13(8-16(26)20(28)29-3)12-6-4-5-7-14(12)23-15/h4-7,11,16,18,23H,8-10,22H2,1-3H3/p+1/t16-,18+/m1/s1. The van der Waals surface area contributed by atoms with Crippen LogP contribution in [0.5, 0.6) is 0 Å². The number of aromatic nitrogens is 3. The number of thioether (sulfide) groups is 1. The summed E-state index contributed by atoms with van der Waals surface area (Å²) in [5.41, 5.74) is 7.02. The third-order valence-corrected chi connectivity index (χ3v) is 6.46. The second-order valence-electron chi connectivity index (χ2n) is 7.94. The molecule has 31 heavy (non-hydrogen) atoms. The number of nitrogens with zero attached hydrogens (tertiary/aromatic N) is 3. The van der Waals surface area contributed by atoms with Gasteiger partial charge in [0.2, 0.25) is 5.91 Å². The van der Waals surface area contributed by atoms with E-state index in [-0.39, 0.29) is 23.6 Å². The third kappa shape index (κ3) is 4.17. The molecule has 2 aromatic heterocycles. The second kappa shape index (κ2) is 8.72. The van der Waals surface area contributed by atoms with E-state index in [0.29, 0.717) is 24.1 Å². The molecule has 1 amide bonds. The van der Waals surface area contributed by atoms with Crippen molar-refractivity contribution >= 4 is 34.5 Å². The first-order valence-electron chi connectivity index (χ1n) is 10.1. The van der Waals surface area contributed by atoms with Crippen LogP contribution in [0.15, 0.2) is 33.9 Å². The summed E-state index contributed by atoms with van der Waals surface area (Å²) in [6, 6.07) is 7.15. The van der Waals surface area contributed by atoms with Gasteiger partial charge < -0.3 is 24.8 Å². The number of hydrogen-bond acceptors (Lipinski definition) is 7. The average molecular weight is 445 g/mol. The van der Waals surface area contributed by atoms with Gasteiger partial charge in [0.15, 0.2) is 6.04 Å². The average Bonchev–Trinajstić information content (AvgIpc) is 3.39. The Bertz CT molecular complexity index is 1110. The number of ether oxygens (including phenoxy) is 1. The highest BCUT2D eigenvalue weighted by Gasteiger charge is 2.37. The van der Waals surface area contributed by atoms with Gasteiger partial charge in [-0.1, -0.05) is 43.8 Å². The van der Waals surface area contributed by atoms with E-state index in [9.17, 15) is 9.59 Å². The number of aromatic amines is 1. The summed E-state index contributed by atoms with van der Waals surface area (Å²) in [6.45, 7) is 4.37. The van der Waals surface area contributed by atoms with E-state index in [1.165, 1.54) is 7.11 Å². The van der Waals surface area contributed by atoms with Crippen LogP contribution in [0, 0.1) is 5.92 Å². The van der Waals surface area contributed by atoms with Crippen molar-refractivity contribution in [1.29, 1.82) is 0 Å². The van der Waals surface area contributed by atoms with Crippen LogP contribution in [-0.4, -0.2) is 50.9 Å². The van der Waals surface area contributed by atoms with Crippen LogP contribution in [0.3, 0.4) is 0 Å². The Morgan fingerprint density at radius 3 is 2.87 bits per heavy atom. The van der Waals surface area contributed by atoms with Gasteiger partial charge in [0.25, 0.3) is 11.1 Å². The number of carbonyl (C=O) groups is 2. The number of para-hydroxylation sites is 1. The van der Waals surface area contributed by atoms with Crippen molar-refractivity contribution in [2.24, 2.45) is 5.92 Å². The Hall–Kier alpha value is -2.85. The van der Waals surface area contributed by atoms with Crippen molar-refractivity contribution in [2.45, 2.75) is 44.1 Å². The molecule has 1 aromatic carbocycles. The zero-order valence-electron chi connectivity index (χ0n) is 17.8. The first-order valence-corrected chi connectivity index (χ1v) is 11.1. The number of nitrogens with one attached hydrogen (secondary N) is 1. The number of fused-ring (bicyclic) bond motifs is 3. The highest BCUT2D eigenvalue weighted by atomic mass is 32.2. The summed E-state index contributed by atoms with van der Waals surface area (Å²) in [5.74, 6) is 0.178. The number of H-pyrrole nitrogens is 1. The number of quaternary nitrogens is 1. The summed E-state index contributed by atoms with van der Waals surface area (Å²) >= 11 is 1.16. The zero-order valence-corrected chi connectivity index (χ0v) is 18.6. The molecule has 0 saturated heterocycles. The lowest BCUT2D eigenvalue weighted by Crippen LogP contribution is -2.56. The molecule has 164 valence electrons. The molecule has 0 saturated carbocycles. The molecule has 9 nitrogen and oxygen atoms in total. The summed E-state index contributed by atoms with van der Waals surface area (Å²) in [7, 11) is 1.34. The van der Waals surface area contributed by atoms with Crippen LogP contribution in [0.1, 0.15) is 37.0 Å². The molecule has 10 heteroatoms. The number of methoxy groups -OCH3 is 1. The molecule has 4 N–H and O–H groups in total. The minimum atomic E-state index is -0.673. The maximum atomic E-state index is 13.1. The van der Waals surface area contributed by atoms with Gasteiger partial charge in [-0.25, -0.2) is 4.79 Å². The lowest BCUT2D eigenvalue weighted by molar-refractivity contribution is -0.443. The Balaban J connectivity index is 1.51. The molecular weight excluding hydrogens is 418 g/mol. The van der Waals surface area contributed by atoms with Crippen LogP contribution in [-0.2, 0) is 27.3 Å². The van der Waals surface area contributed by atoms with Gasteiger partial charge in [0, 0.05) is 28.9 Å². The van der Waals surface area contributed by atoms with Gasteiger partial charge in [0.05, 0.1) is 19.4 Å². The van der Waals surface area contributed by atoms with Crippen LogP contribution >= 0.6 is 11.8 Å². The Labute approximate surface area is 183 Å². The lowest BCUT2D eigenvalue weighted by Gasteiger charge is -2.33. The first kappa shape index (κ1) is 21.4. The zero-order chi connectivity index (χ0) is 22.1. The molecule has 0 aliphatic carbocycles. The number of rotatable bonds is 6. The van der Waals surface area contributed by atoms with E-state index < -0.39 is 12.0 Å². The maximum absolute atomic E-state index is 13.1. The van der Waals surface area contributed by atoms with Crippen LogP contribution in [0.2, 0.25) is 0 Å². The van der Waals surface area contributed by atoms with Gasteiger partial charge in [-0.05, 0) is 11.6 Å². The molecule has 1 aliphatic heterocycles. The van der Waals surface area contributed by atoms with E-state index in [2.05, 4.69) is 20.9 Å². The molecule has 1 aliphatic rings. The highest BCUT2D eigenvalue weighted by molar-refractivity contribution is 7.99. The highest BCUT2D eigenvalue weighted by Crippen LogP contribution is 2.31. The van der Waals surface area contributed by atoms with Crippen molar-refractivity contribution in [3.05, 3.63) is 41.4 Å². The molecular formula is C21H26N5O4S+. The first-order chi connectivity index (χ1) is 14.9. The summed E-state index contributed by atoms with van der Waals surface area (Å²) < 4.78 is 10.6. The topological polar surface area (TPSA) is 129 Å². The number of carbonyl (C=O) groups excluding carboxylic acids is 2. The fourth-order valence-electron chi connectivity index (χ4n) is 3.74. The molecule has 3 aromatic rings. The van der Waals surface area contributed by atoms with E-state index in [1.54, 1.807) is 4.90 Å². The molecule has 0 bridgehead atoms. The predicted octanol–water partition coefficient (Wildman–Crippen LogP) is 1.71. The van der Waals surface area contributed by atoms with Crippen molar-refractivity contribution in [3.8, 4) is 0 Å². The van der Waals surface area contributed by atoms with Gasteiger partial charge in [-0.2, -0.15) is 0 Å². The molecule has 0 fully saturated rings. The maximum Gasteiger partial charge on any atom is 0.328 e. The fourth-order valence-corrected chi connectivity index (χ4v) is 4.39. The molecule has 0 spiro atoms. The Morgan fingerprint density at radius 1 is 1.35 bits per heavy atom. The summed E-state index contributed by atoms with van der Waals surface area (Å²) in [5, 5.41) is 9.43. The SMILES string of the molecule is COC(=O)[C@H]1Cc2c([nH]c3ccccc23)CN1C(=O)CSc1nnc([C@@H]([NH3+])C(C)C)o1. The minimum Gasteiger partial charge on any atom is -0.467 e. The molecule has 3 heterocycles. The number of esters is 1. The Kier molecular flexibility index (Phi) is 6.01. The van der Waals surface area contributed by atoms with Crippen molar-refractivity contribution in [2.75, 3.05) is 12.9 Å². The predicted molar refractivity (Wildman–Crippen MR) is 114 cm³/mol. The number of hydrogen-bond donors (Lipinski definition) is 2. The largest absolute Gasteiger partial charge is 0.467 e. The van der Waals surface area contributed by atoms with Gasteiger partial charge in [-0.15, -0.1) is 10.2 Å². The van der Waals surface area contributed by atoms with E-state index in [4.69, 9.17) is 9.15 Å². The summed E-state index contributed by atoms with van der Waals surface area (Å²) in [4.78, 5) is 30.5. The monoisotopic (exact) mass is 444 g/mol. The van der Waals surface area contributed by atoms with Gasteiger partial charge in [0.1, 0.15) is 6.04 Å². The minimum absolute atomic E-state index is 0.0776.